The molecule has 4 aromatic rings. The highest BCUT2D eigenvalue weighted by Crippen LogP contribution is 2.36. The normalized spacial score (nSPS) is 10.7. The summed E-state index contributed by atoms with van der Waals surface area (Å²) in [6.45, 7) is 6.73. The molecular weight excluding hydrogens is 464 g/mol. The van der Waals surface area contributed by atoms with Crippen molar-refractivity contribution in [2.24, 2.45) is 0 Å². The first kappa shape index (κ1) is 23.7. The van der Waals surface area contributed by atoms with Crippen LogP contribution in [0.5, 0.6) is 0 Å². The molecular formula is C26H26N4O2S2. The molecule has 0 atom stereocenters. The Labute approximate surface area is 208 Å². The molecule has 0 amide bonds. The van der Waals surface area contributed by atoms with Crippen molar-refractivity contribution in [1.29, 1.82) is 0 Å². The van der Waals surface area contributed by atoms with E-state index in [9.17, 15) is 4.79 Å². The minimum atomic E-state index is -0.380. The Balaban J connectivity index is 1.55. The van der Waals surface area contributed by atoms with Gasteiger partial charge in [-0.2, -0.15) is 5.10 Å². The van der Waals surface area contributed by atoms with Crippen LogP contribution in [0.2, 0.25) is 0 Å². The number of aromatic nitrogens is 2. The third-order valence-electron chi connectivity index (χ3n) is 5.31. The number of carbonyl (C=O) groups excluding carboxylic acids is 1. The van der Waals surface area contributed by atoms with Gasteiger partial charge in [-0.25, -0.2) is 4.79 Å². The van der Waals surface area contributed by atoms with Crippen molar-refractivity contribution in [3.63, 3.8) is 0 Å². The number of nitrogens with zero attached hydrogens (tertiary/aromatic N) is 2. The zero-order valence-electron chi connectivity index (χ0n) is 19.3. The van der Waals surface area contributed by atoms with Gasteiger partial charge in [0.25, 0.3) is 0 Å². The summed E-state index contributed by atoms with van der Waals surface area (Å²) >= 11 is 7.07. The highest BCUT2D eigenvalue weighted by molar-refractivity contribution is 7.80. The SMILES string of the molecule is CCOC(=O)c1cc(-c2ccccc2)sc1NC(=S)Nc1c(C)nn(Cc2ccccc2)c1C. The molecule has 0 fully saturated rings. The molecule has 34 heavy (non-hydrogen) atoms. The Hall–Kier alpha value is -3.49. The predicted octanol–water partition coefficient (Wildman–Crippen LogP) is 6.26. The molecule has 2 heterocycles. The van der Waals surface area contributed by atoms with E-state index in [1.165, 1.54) is 16.9 Å². The first-order valence-electron chi connectivity index (χ1n) is 11.0. The Morgan fingerprint density at radius 1 is 1.06 bits per heavy atom. The van der Waals surface area contributed by atoms with Crippen LogP contribution in [0.3, 0.4) is 0 Å². The topological polar surface area (TPSA) is 68.2 Å². The molecule has 4 rings (SSSR count). The minimum absolute atomic E-state index is 0.302. The summed E-state index contributed by atoms with van der Waals surface area (Å²) in [6, 6.07) is 22.0. The average Bonchev–Trinajstić information content (AvgIpc) is 3.37. The van der Waals surface area contributed by atoms with Gasteiger partial charge in [0, 0.05) is 4.88 Å². The van der Waals surface area contributed by atoms with Crippen LogP contribution in [0.1, 0.15) is 34.2 Å². The molecule has 8 heteroatoms. The third kappa shape index (κ3) is 5.35. The van der Waals surface area contributed by atoms with Crippen LogP contribution in [0.25, 0.3) is 10.4 Å². The molecule has 0 spiro atoms. The molecule has 0 radical (unpaired) electrons. The molecule has 174 valence electrons. The van der Waals surface area contributed by atoms with Crippen LogP contribution >= 0.6 is 23.6 Å². The van der Waals surface area contributed by atoms with Crippen molar-refractivity contribution in [3.05, 3.63) is 89.2 Å². The third-order valence-corrected chi connectivity index (χ3v) is 6.61. The van der Waals surface area contributed by atoms with Crippen LogP contribution in [0, 0.1) is 13.8 Å². The Morgan fingerprint density at radius 3 is 2.41 bits per heavy atom. The van der Waals surface area contributed by atoms with E-state index in [2.05, 4.69) is 27.9 Å². The van der Waals surface area contributed by atoms with E-state index >= 15 is 0 Å². The van der Waals surface area contributed by atoms with E-state index in [4.69, 9.17) is 17.0 Å². The standard InChI is InChI=1S/C26H26N4O2S2/c1-4-32-25(31)21-15-22(20-13-9-6-10-14-20)34-24(21)28-26(33)27-23-17(2)29-30(18(23)3)16-19-11-7-5-8-12-19/h5-15H,4,16H2,1-3H3,(H2,27,28,33). The van der Waals surface area contributed by atoms with Crippen molar-refractivity contribution in [1.82, 2.24) is 9.78 Å². The summed E-state index contributed by atoms with van der Waals surface area (Å²) < 4.78 is 7.22. The van der Waals surface area contributed by atoms with Gasteiger partial charge in [0.2, 0.25) is 0 Å². The first-order chi connectivity index (χ1) is 16.5. The number of nitrogens with one attached hydrogen (secondary N) is 2. The minimum Gasteiger partial charge on any atom is -0.462 e. The summed E-state index contributed by atoms with van der Waals surface area (Å²) in [7, 11) is 0. The number of carbonyl (C=O) groups is 1. The highest BCUT2D eigenvalue weighted by Gasteiger charge is 2.20. The van der Waals surface area contributed by atoms with Gasteiger partial charge in [-0.3, -0.25) is 4.68 Å². The van der Waals surface area contributed by atoms with Crippen molar-refractivity contribution in [3.8, 4) is 10.4 Å². The lowest BCUT2D eigenvalue weighted by molar-refractivity contribution is 0.0528. The summed E-state index contributed by atoms with van der Waals surface area (Å²) in [5.41, 5.74) is 5.34. The number of anilines is 2. The predicted molar refractivity (Wildman–Crippen MR) is 143 cm³/mol. The van der Waals surface area contributed by atoms with E-state index in [0.717, 1.165) is 27.5 Å². The summed E-state index contributed by atoms with van der Waals surface area (Å²) in [6.07, 6.45) is 0. The van der Waals surface area contributed by atoms with Gasteiger partial charge in [0.05, 0.1) is 35.8 Å². The lowest BCUT2D eigenvalue weighted by atomic mass is 10.1. The van der Waals surface area contributed by atoms with Gasteiger partial charge < -0.3 is 15.4 Å². The fraction of sp³-hybridized carbons (Fsp3) is 0.192. The lowest BCUT2D eigenvalue weighted by Crippen LogP contribution is -2.21. The lowest BCUT2D eigenvalue weighted by Gasteiger charge is -2.11. The molecule has 2 N–H and O–H groups in total. The second-order valence-electron chi connectivity index (χ2n) is 7.71. The molecule has 0 saturated carbocycles. The number of rotatable bonds is 7. The van der Waals surface area contributed by atoms with Crippen LogP contribution in [-0.2, 0) is 11.3 Å². The molecule has 0 aliphatic carbocycles. The molecule has 6 nitrogen and oxygen atoms in total. The number of thiophene rings is 1. The van der Waals surface area contributed by atoms with Crippen LogP contribution < -0.4 is 10.6 Å². The number of hydrogen-bond donors (Lipinski definition) is 2. The largest absolute Gasteiger partial charge is 0.462 e. The summed E-state index contributed by atoms with van der Waals surface area (Å²) in [5.74, 6) is -0.380. The van der Waals surface area contributed by atoms with Gasteiger partial charge in [-0.05, 0) is 50.2 Å². The average molecular weight is 491 g/mol. The summed E-state index contributed by atoms with van der Waals surface area (Å²) in [4.78, 5) is 13.6. The maximum Gasteiger partial charge on any atom is 0.341 e. The molecule has 2 aromatic carbocycles. The Bertz CT molecular complexity index is 1300. The van der Waals surface area contributed by atoms with Crippen molar-refractivity contribution in [2.75, 3.05) is 17.2 Å². The fourth-order valence-corrected chi connectivity index (χ4v) is 4.95. The molecule has 0 aliphatic rings. The molecule has 0 aliphatic heterocycles. The monoisotopic (exact) mass is 490 g/mol. The van der Waals surface area contributed by atoms with Crippen LogP contribution in [0.4, 0.5) is 10.7 Å². The number of aryl methyl sites for hydroxylation is 1. The van der Waals surface area contributed by atoms with Crippen molar-refractivity contribution < 1.29 is 9.53 Å². The molecule has 0 bridgehead atoms. The Morgan fingerprint density at radius 2 is 1.74 bits per heavy atom. The highest BCUT2D eigenvalue weighted by atomic mass is 32.1. The quantitative estimate of drug-likeness (QED) is 0.235. The van der Waals surface area contributed by atoms with Gasteiger partial charge >= 0.3 is 5.97 Å². The number of hydrogen-bond acceptors (Lipinski definition) is 5. The van der Waals surface area contributed by atoms with E-state index in [-0.39, 0.29) is 5.97 Å². The van der Waals surface area contributed by atoms with E-state index < -0.39 is 0 Å². The van der Waals surface area contributed by atoms with Crippen molar-refractivity contribution in [2.45, 2.75) is 27.3 Å². The van der Waals surface area contributed by atoms with Crippen molar-refractivity contribution >= 4 is 45.3 Å². The maximum atomic E-state index is 12.6. The van der Waals surface area contributed by atoms with Gasteiger partial charge in [-0.15, -0.1) is 11.3 Å². The fourth-order valence-electron chi connectivity index (χ4n) is 3.63. The first-order valence-corrected chi connectivity index (χ1v) is 12.2. The number of thiocarbonyl (C=S) groups is 1. The van der Waals surface area contributed by atoms with E-state index in [0.29, 0.717) is 28.8 Å². The van der Waals surface area contributed by atoms with Gasteiger partial charge in [0.15, 0.2) is 5.11 Å². The number of ether oxygens (including phenoxy) is 1. The second kappa shape index (κ2) is 10.6. The Kier molecular flexibility index (Phi) is 7.40. The second-order valence-corrected chi connectivity index (χ2v) is 9.17. The number of benzene rings is 2. The number of esters is 1. The van der Waals surface area contributed by atoms with Crippen LogP contribution in [0.15, 0.2) is 66.7 Å². The summed E-state index contributed by atoms with van der Waals surface area (Å²) in [5, 5.41) is 12.2. The molecule has 2 aromatic heterocycles. The zero-order valence-corrected chi connectivity index (χ0v) is 20.9. The molecule has 0 saturated heterocycles. The zero-order chi connectivity index (χ0) is 24.1. The van der Waals surface area contributed by atoms with E-state index in [1.807, 2.05) is 73.1 Å². The van der Waals surface area contributed by atoms with E-state index in [1.54, 1.807) is 6.92 Å². The van der Waals surface area contributed by atoms with Gasteiger partial charge in [-0.1, -0.05) is 60.7 Å². The molecule has 0 unspecified atom stereocenters. The van der Waals surface area contributed by atoms with Gasteiger partial charge in [0.1, 0.15) is 5.00 Å². The maximum absolute atomic E-state index is 12.6. The smallest absolute Gasteiger partial charge is 0.341 e. The van der Waals surface area contributed by atoms with Crippen LogP contribution in [-0.4, -0.2) is 27.5 Å².